The maximum absolute atomic E-state index is 12.7. The maximum atomic E-state index is 12.7. The zero-order valence-electron chi connectivity index (χ0n) is 15.5. The number of H-pyrrole nitrogens is 1. The number of nitrogens with one attached hydrogen (secondary N) is 2. The van der Waals surface area contributed by atoms with Crippen molar-refractivity contribution in [2.75, 3.05) is 5.32 Å². The van der Waals surface area contributed by atoms with E-state index < -0.39 is 0 Å². The highest BCUT2D eigenvalue weighted by atomic mass is 16.1. The van der Waals surface area contributed by atoms with Gasteiger partial charge in [-0.1, -0.05) is 24.6 Å². The van der Waals surface area contributed by atoms with E-state index in [4.69, 9.17) is 0 Å². The van der Waals surface area contributed by atoms with Gasteiger partial charge in [-0.05, 0) is 43.2 Å². The largest absolute Gasteiger partial charge is 0.360 e. The highest BCUT2D eigenvalue weighted by molar-refractivity contribution is 6.12. The molecule has 6 nitrogen and oxygen atoms in total. The van der Waals surface area contributed by atoms with Crippen LogP contribution in [0.3, 0.4) is 0 Å². The van der Waals surface area contributed by atoms with Crippen molar-refractivity contribution in [2.45, 2.75) is 32.2 Å². The second-order valence-corrected chi connectivity index (χ2v) is 7.18. The van der Waals surface area contributed by atoms with Gasteiger partial charge in [0, 0.05) is 41.3 Å². The smallest absolute Gasteiger partial charge is 0.257 e. The van der Waals surface area contributed by atoms with Crippen LogP contribution < -0.4 is 5.32 Å². The van der Waals surface area contributed by atoms with Gasteiger partial charge in [-0.3, -0.25) is 4.79 Å². The van der Waals surface area contributed by atoms with E-state index in [1.165, 1.54) is 12.8 Å². The second-order valence-electron chi connectivity index (χ2n) is 7.18. The lowest BCUT2D eigenvalue weighted by Crippen LogP contribution is -2.11. The molecule has 1 amide bonds. The van der Waals surface area contributed by atoms with Crippen LogP contribution in [0.25, 0.3) is 22.3 Å². The number of benzene rings is 2. The minimum absolute atomic E-state index is 0.124. The highest BCUT2D eigenvalue weighted by Crippen LogP contribution is 2.25. The van der Waals surface area contributed by atoms with Crippen molar-refractivity contribution in [1.82, 2.24) is 19.7 Å². The summed E-state index contributed by atoms with van der Waals surface area (Å²) in [6.45, 7) is 0.969. The minimum Gasteiger partial charge on any atom is -0.360 e. The summed E-state index contributed by atoms with van der Waals surface area (Å²) in [5.74, 6) is 1.86. The molecule has 3 heterocycles. The molecule has 0 unspecified atom stereocenters. The van der Waals surface area contributed by atoms with E-state index in [1.54, 1.807) is 6.20 Å². The Kier molecular flexibility index (Phi) is 4.16. The Balaban J connectivity index is 1.37. The summed E-state index contributed by atoms with van der Waals surface area (Å²) >= 11 is 0. The number of aryl methyl sites for hydroxylation is 1. The standard InChI is InChI=1S/C22H21N5O/c28-22(18-14-23-19-7-4-3-6-17(18)19)24-16-11-9-15(10-12-16)21-26-25-20-8-2-1-5-13-27(20)21/h3-4,6-7,9-12,14,23H,1-2,5,8,13H2,(H,24,28). The summed E-state index contributed by atoms with van der Waals surface area (Å²) in [5, 5.41) is 12.7. The van der Waals surface area contributed by atoms with Crippen molar-refractivity contribution in [1.29, 1.82) is 0 Å². The van der Waals surface area contributed by atoms with Crippen LogP contribution in [-0.4, -0.2) is 25.7 Å². The molecular weight excluding hydrogens is 350 g/mol. The molecule has 0 fully saturated rings. The van der Waals surface area contributed by atoms with Gasteiger partial charge < -0.3 is 14.9 Å². The molecule has 0 atom stereocenters. The van der Waals surface area contributed by atoms with Gasteiger partial charge >= 0.3 is 0 Å². The Morgan fingerprint density at radius 1 is 1.00 bits per heavy atom. The fourth-order valence-corrected chi connectivity index (χ4v) is 3.86. The number of rotatable bonds is 3. The van der Waals surface area contributed by atoms with E-state index in [2.05, 4.69) is 25.1 Å². The second kappa shape index (κ2) is 6.96. The van der Waals surface area contributed by atoms with Crippen LogP contribution in [0.1, 0.15) is 35.4 Å². The first-order valence-electron chi connectivity index (χ1n) is 9.69. The number of carbonyl (C=O) groups excluding carboxylic acids is 1. The minimum atomic E-state index is -0.124. The first-order chi connectivity index (χ1) is 13.8. The molecule has 2 N–H and O–H groups in total. The third-order valence-electron chi connectivity index (χ3n) is 5.34. The number of hydrogen-bond donors (Lipinski definition) is 2. The third-order valence-corrected chi connectivity index (χ3v) is 5.34. The molecule has 28 heavy (non-hydrogen) atoms. The van der Waals surface area contributed by atoms with Gasteiger partial charge in [-0.25, -0.2) is 0 Å². The summed E-state index contributed by atoms with van der Waals surface area (Å²) in [6, 6.07) is 15.6. The number of amides is 1. The van der Waals surface area contributed by atoms with Crippen LogP contribution in [0, 0.1) is 0 Å². The lowest BCUT2D eigenvalue weighted by Gasteiger charge is -2.08. The van der Waals surface area contributed by atoms with E-state index in [9.17, 15) is 4.79 Å². The number of aromatic nitrogens is 4. The van der Waals surface area contributed by atoms with Gasteiger partial charge in [0.05, 0.1) is 5.56 Å². The Hall–Kier alpha value is -3.41. The molecule has 4 aromatic rings. The van der Waals surface area contributed by atoms with Gasteiger partial charge in [0.15, 0.2) is 5.82 Å². The van der Waals surface area contributed by atoms with Gasteiger partial charge in [-0.15, -0.1) is 10.2 Å². The van der Waals surface area contributed by atoms with E-state index in [0.717, 1.165) is 53.2 Å². The molecule has 0 spiro atoms. The first-order valence-corrected chi connectivity index (χ1v) is 9.69. The molecule has 5 rings (SSSR count). The summed E-state index contributed by atoms with van der Waals surface area (Å²) in [4.78, 5) is 15.8. The van der Waals surface area contributed by atoms with Crippen LogP contribution in [0.2, 0.25) is 0 Å². The number of hydrogen-bond acceptors (Lipinski definition) is 3. The monoisotopic (exact) mass is 371 g/mol. The molecule has 0 radical (unpaired) electrons. The molecule has 0 saturated heterocycles. The third kappa shape index (κ3) is 2.97. The van der Waals surface area contributed by atoms with Crippen molar-refractivity contribution in [2.24, 2.45) is 0 Å². The highest BCUT2D eigenvalue weighted by Gasteiger charge is 2.16. The van der Waals surface area contributed by atoms with Crippen molar-refractivity contribution in [3.63, 3.8) is 0 Å². The van der Waals surface area contributed by atoms with Gasteiger partial charge in [0.1, 0.15) is 5.82 Å². The van der Waals surface area contributed by atoms with Crippen molar-refractivity contribution in [3.05, 3.63) is 66.1 Å². The topological polar surface area (TPSA) is 75.6 Å². The number of nitrogens with zero attached hydrogens (tertiary/aromatic N) is 3. The number of fused-ring (bicyclic) bond motifs is 2. The summed E-state index contributed by atoms with van der Waals surface area (Å²) < 4.78 is 2.23. The zero-order valence-corrected chi connectivity index (χ0v) is 15.5. The van der Waals surface area contributed by atoms with E-state index in [1.807, 2.05) is 48.5 Å². The Labute approximate surface area is 162 Å². The molecule has 6 heteroatoms. The molecule has 2 aromatic carbocycles. The Morgan fingerprint density at radius 3 is 2.75 bits per heavy atom. The molecule has 140 valence electrons. The predicted molar refractivity (Wildman–Crippen MR) is 109 cm³/mol. The maximum Gasteiger partial charge on any atom is 0.257 e. The van der Waals surface area contributed by atoms with Crippen LogP contribution in [0.5, 0.6) is 0 Å². The van der Waals surface area contributed by atoms with Crippen molar-refractivity contribution < 1.29 is 4.79 Å². The van der Waals surface area contributed by atoms with Gasteiger partial charge in [0.2, 0.25) is 0 Å². The average Bonchev–Trinajstić information content (AvgIpc) is 3.26. The lowest BCUT2D eigenvalue weighted by molar-refractivity contribution is 0.102. The van der Waals surface area contributed by atoms with Crippen LogP contribution in [-0.2, 0) is 13.0 Å². The quantitative estimate of drug-likeness (QED) is 0.560. The zero-order chi connectivity index (χ0) is 18.9. The SMILES string of the molecule is O=C(Nc1ccc(-c2nnc3n2CCCCC3)cc1)c1c[nH]c2ccccc12. The first kappa shape index (κ1) is 16.7. The summed E-state index contributed by atoms with van der Waals surface area (Å²) in [7, 11) is 0. The molecule has 0 saturated carbocycles. The molecular formula is C22H21N5O. The Bertz CT molecular complexity index is 1140. The number of aromatic amines is 1. The average molecular weight is 371 g/mol. The lowest BCUT2D eigenvalue weighted by atomic mass is 10.1. The summed E-state index contributed by atoms with van der Waals surface area (Å²) in [5.41, 5.74) is 3.37. The van der Waals surface area contributed by atoms with Gasteiger partial charge in [-0.2, -0.15) is 0 Å². The fourth-order valence-electron chi connectivity index (χ4n) is 3.86. The molecule has 1 aliphatic heterocycles. The van der Waals surface area contributed by atoms with Crippen LogP contribution in [0.15, 0.2) is 54.7 Å². The van der Waals surface area contributed by atoms with E-state index in [-0.39, 0.29) is 5.91 Å². The normalized spacial score (nSPS) is 13.9. The molecule has 0 aliphatic carbocycles. The van der Waals surface area contributed by atoms with E-state index in [0.29, 0.717) is 5.56 Å². The number of carbonyl (C=O) groups is 1. The summed E-state index contributed by atoms with van der Waals surface area (Å²) in [6.07, 6.45) is 6.32. The molecule has 0 bridgehead atoms. The van der Waals surface area contributed by atoms with Gasteiger partial charge in [0.25, 0.3) is 5.91 Å². The van der Waals surface area contributed by atoms with Crippen molar-refractivity contribution in [3.8, 4) is 11.4 Å². The molecule has 1 aliphatic rings. The van der Waals surface area contributed by atoms with Crippen molar-refractivity contribution >= 4 is 22.5 Å². The molecule has 2 aromatic heterocycles. The van der Waals surface area contributed by atoms with E-state index >= 15 is 0 Å². The fraction of sp³-hybridized carbons (Fsp3) is 0.227. The number of anilines is 1. The number of para-hydroxylation sites is 1. The predicted octanol–water partition coefficient (Wildman–Crippen LogP) is 4.41. The Morgan fingerprint density at radius 2 is 1.86 bits per heavy atom. The van der Waals surface area contributed by atoms with Crippen LogP contribution in [0.4, 0.5) is 5.69 Å². The van der Waals surface area contributed by atoms with Crippen LogP contribution >= 0.6 is 0 Å².